The number of hydrogen-bond donors (Lipinski definition) is 1. The Bertz CT molecular complexity index is 910. The number of hydrogen-bond acceptors (Lipinski definition) is 7. The van der Waals surface area contributed by atoms with Crippen LogP contribution in [0.15, 0.2) is 24.3 Å². The zero-order valence-corrected chi connectivity index (χ0v) is 15.1. The van der Waals surface area contributed by atoms with Gasteiger partial charge >= 0.3 is 0 Å². The van der Waals surface area contributed by atoms with Gasteiger partial charge in [0.2, 0.25) is 11.7 Å². The lowest BCUT2D eigenvalue weighted by Crippen LogP contribution is -2.31. The molecular weight excluding hydrogens is 330 g/mol. The minimum Gasteiger partial charge on any atom is -0.472 e. The fraction of sp³-hybridized carbons (Fsp3) is 0.389. The van der Waals surface area contributed by atoms with E-state index >= 15 is 0 Å². The van der Waals surface area contributed by atoms with Crippen molar-refractivity contribution in [2.45, 2.75) is 32.9 Å². The summed E-state index contributed by atoms with van der Waals surface area (Å²) in [7, 11) is 2.09. The molecule has 1 aliphatic rings. The molecular formula is C18H21N7O. The van der Waals surface area contributed by atoms with E-state index in [0.717, 1.165) is 48.0 Å². The van der Waals surface area contributed by atoms with Gasteiger partial charge in [0.15, 0.2) is 0 Å². The molecule has 1 N–H and O–H groups in total. The first-order chi connectivity index (χ1) is 12.6. The average molecular weight is 351 g/mol. The van der Waals surface area contributed by atoms with E-state index in [1.54, 1.807) is 0 Å². The minimum atomic E-state index is 0.102. The lowest BCUT2D eigenvalue weighted by Gasteiger charge is -2.20. The summed E-state index contributed by atoms with van der Waals surface area (Å²) in [4.78, 5) is 11.1. The maximum Gasteiger partial charge on any atom is 0.220 e. The van der Waals surface area contributed by atoms with Crippen molar-refractivity contribution in [1.82, 2.24) is 35.5 Å². The summed E-state index contributed by atoms with van der Waals surface area (Å²) < 4.78 is 6.03. The SMILES string of the molecule is Cc1nc(C)c2c(n1)O[C@H](CN(C)Cc1cccc(-c3nn[nH]n3)c1)C2. The van der Waals surface area contributed by atoms with Crippen LogP contribution in [0.4, 0.5) is 0 Å². The first-order valence-electron chi connectivity index (χ1n) is 8.60. The van der Waals surface area contributed by atoms with Gasteiger partial charge in [-0.15, -0.1) is 10.2 Å². The van der Waals surface area contributed by atoms with Crippen molar-refractivity contribution in [2.75, 3.05) is 13.6 Å². The topological polar surface area (TPSA) is 92.7 Å². The van der Waals surface area contributed by atoms with Gasteiger partial charge in [-0.1, -0.05) is 18.2 Å². The van der Waals surface area contributed by atoms with E-state index in [4.69, 9.17) is 4.74 Å². The van der Waals surface area contributed by atoms with Crippen LogP contribution in [0.25, 0.3) is 11.4 Å². The molecule has 0 saturated heterocycles. The fourth-order valence-corrected chi connectivity index (χ4v) is 3.38. The summed E-state index contributed by atoms with van der Waals surface area (Å²) in [5.74, 6) is 2.11. The summed E-state index contributed by atoms with van der Waals surface area (Å²) in [5, 5.41) is 14.2. The first-order valence-corrected chi connectivity index (χ1v) is 8.60. The van der Waals surface area contributed by atoms with E-state index in [0.29, 0.717) is 5.82 Å². The molecule has 0 unspecified atom stereocenters. The van der Waals surface area contributed by atoms with Crippen LogP contribution in [-0.4, -0.2) is 55.2 Å². The summed E-state index contributed by atoms with van der Waals surface area (Å²) >= 11 is 0. The van der Waals surface area contributed by atoms with Gasteiger partial charge in [-0.3, -0.25) is 4.90 Å². The summed E-state index contributed by atoms with van der Waals surface area (Å²) in [6.07, 6.45) is 0.958. The largest absolute Gasteiger partial charge is 0.472 e. The number of fused-ring (bicyclic) bond motifs is 1. The standard InChI is InChI=1S/C18H21N7O/c1-11-16-8-15(26-18(16)20-12(2)19-11)10-25(3)9-13-5-4-6-14(7-13)17-21-23-24-22-17/h4-7,15H,8-10H2,1-3H3,(H,21,22,23,24)/t15-/m0/s1. The maximum atomic E-state index is 6.03. The number of nitrogens with zero attached hydrogens (tertiary/aromatic N) is 6. The van der Waals surface area contributed by atoms with Gasteiger partial charge in [-0.25, -0.2) is 4.98 Å². The summed E-state index contributed by atoms with van der Waals surface area (Å²) in [6.45, 7) is 5.55. The van der Waals surface area contributed by atoms with Gasteiger partial charge in [0.05, 0.1) is 0 Å². The van der Waals surface area contributed by atoms with Crippen LogP contribution in [-0.2, 0) is 13.0 Å². The quantitative estimate of drug-likeness (QED) is 0.748. The van der Waals surface area contributed by atoms with E-state index in [1.807, 2.05) is 26.0 Å². The third-order valence-electron chi connectivity index (χ3n) is 4.50. The van der Waals surface area contributed by atoms with Crippen molar-refractivity contribution in [3.8, 4) is 17.3 Å². The molecule has 8 nitrogen and oxygen atoms in total. The van der Waals surface area contributed by atoms with Crippen LogP contribution in [0.2, 0.25) is 0 Å². The third-order valence-corrected chi connectivity index (χ3v) is 4.50. The molecule has 3 heterocycles. The highest BCUT2D eigenvalue weighted by molar-refractivity contribution is 5.54. The Morgan fingerprint density at radius 2 is 2.15 bits per heavy atom. The smallest absolute Gasteiger partial charge is 0.220 e. The molecule has 1 aromatic carbocycles. The van der Waals surface area contributed by atoms with Crippen LogP contribution in [0, 0.1) is 13.8 Å². The Hall–Kier alpha value is -2.87. The fourth-order valence-electron chi connectivity index (χ4n) is 3.38. The number of aryl methyl sites for hydroxylation is 2. The molecule has 0 spiro atoms. The van der Waals surface area contributed by atoms with Gasteiger partial charge in [0, 0.05) is 36.3 Å². The molecule has 0 aliphatic carbocycles. The van der Waals surface area contributed by atoms with Crippen LogP contribution >= 0.6 is 0 Å². The molecule has 134 valence electrons. The zero-order valence-electron chi connectivity index (χ0n) is 15.1. The van der Waals surface area contributed by atoms with Crippen molar-refractivity contribution in [1.29, 1.82) is 0 Å². The maximum absolute atomic E-state index is 6.03. The van der Waals surface area contributed by atoms with Crippen LogP contribution in [0.5, 0.6) is 5.88 Å². The Balaban J connectivity index is 1.40. The van der Waals surface area contributed by atoms with Gasteiger partial charge < -0.3 is 4.74 Å². The zero-order chi connectivity index (χ0) is 18.1. The normalized spacial score (nSPS) is 15.9. The second kappa shape index (κ2) is 6.80. The molecule has 8 heteroatoms. The number of ether oxygens (including phenoxy) is 1. The van der Waals surface area contributed by atoms with E-state index in [9.17, 15) is 0 Å². The van der Waals surface area contributed by atoms with Crippen LogP contribution in [0.1, 0.15) is 22.6 Å². The molecule has 0 bridgehead atoms. The van der Waals surface area contributed by atoms with Gasteiger partial charge in [0.25, 0.3) is 0 Å². The van der Waals surface area contributed by atoms with Crippen molar-refractivity contribution < 1.29 is 4.74 Å². The van der Waals surface area contributed by atoms with E-state index in [2.05, 4.69) is 54.7 Å². The highest BCUT2D eigenvalue weighted by Gasteiger charge is 2.27. The Labute approximate surface area is 151 Å². The number of H-pyrrole nitrogens is 1. The Morgan fingerprint density at radius 1 is 1.27 bits per heavy atom. The Morgan fingerprint density at radius 3 is 2.96 bits per heavy atom. The highest BCUT2D eigenvalue weighted by atomic mass is 16.5. The van der Waals surface area contributed by atoms with Crippen molar-refractivity contribution in [3.63, 3.8) is 0 Å². The van der Waals surface area contributed by atoms with E-state index in [1.165, 1.54) is 5.56 Å². The molecule has 0 fully saturated rings. The number of nitrogens with one attached hydrogen (secondary N) is 1. The van der Waals surface area contributed by atoms with Gasteiger partial charge in [-0.2, -0.15) is 10.2 Å². The minimum absolute atomic E-state index is 0.102. The molecule has 3 aromatic rings. The molecule has 0 radical (unpaired) electrons. The summed E-state index contributed by atoms with van der Waals surface area (Å²) in [5.41, 5.74) is 4.30. The number of aromatic amines is 1. The lowest BCUT2D eigenvalue weighted by molar-refractivity contribution is 0.160. The lowest BCUT2D eigenvalue weighted by atomic mass is 10.1. The monoisotopic (exact) mass is 351 g/mol. The molecule has 4 rings (SSSR count). The predicted octanol–water partition coefficient (Wildman–Crippen LogP) is 1.71. The number of benzene rings is 1. The highest BCUT2D eigenvalue weighted by Crippen LogP contribution is 2.29. The number of aromatic nitrogens is 6. The van der Waals surface area contributed by atoms with E-state index in [-0.39, 0.29) is 6.10 Å². The number of likely N-dealkylation sites (N-methyl/N-ethyl adjacent to an activating group) is 1. The molecule has 26 heavy (non-hydrogen) atoms. The van der Waals surface area contributed by atoms with Gasteiger partial charge in [0.1, 0.15) is 11.9 Å². The molecule has 0 amide bonds. The van der Waals surface area contributed by atoms with Crippen molar-refractivity contribution in [2.24, 2.45) is 0 Å². The predicted molar refractivity (Wildman–Crippen MR) is 95.6 cm³/mol. The van der Waals surface area contributed by atoms with Gasteiger partial charge in [-0.05, 0) is 37.7 Å². The second-order valence-corrected chi connectivity index (χ2v) is 6.72. The van der Waals surface area contributed by atoms with Crippen molar-refractivity contribution >= 4 is 0 Å². The molecule has 1 aliphatic heterocycles. The molecule has 1 atom stereocenters. The van der Waals surface area contributed by atoms with Crippen LogP contribution < -0.4 is 4.74 Å². The Kier molecular flexibility index (Phi) is 4.34. The number of rotatable bonds is 5. The molecule has 0 saturated carbocycles. The second-order valence-electron chi connectivity index (χ2n) is 6.72. The first kappa shape index (κ1) is 16.6. The number of tetrazole rings is 1. The van der Waals surface area contributed by atoms with Crippen molar-refractivity contribution in [3.05, 3.63) is 46.9 Å². The van der Waals surface area contributed by atoms with Crippen LogP contribution in [0.3, 0.4) is 0 Å². The summed E-state index contributed by atoms with van der Waals surface area (Å²) in [6, 6.07) is 8.18. The molecule has 2 aromatic heterocycles. The van der Waals surface area contributed by atoms with E-state index < -0.39 is 0 Å². The third kappa shape index (κ3) is 3.41. The average Bonchev–Trinajstić information content (AvgIpc) is 3.24.